The molecule has 3 rings (SSSR count). The Morgan fingerprint density at radius 2 is 2.04 bits per heavy atom. The molecule has 0 radical (unpaired) electrons. The van der Waals surface area contributed by atoms with Crippen molar-refractivity contribution in [3.8, 4) is 0 Å². The molecular formula is C20H26N2O2. The third-order valence-electron chi connectivity index (χ3n) is 4.44. The summed E-state index contributed by atoms with van der Waals surface area (Å²) in [5.74, 6) is 0. The minimum atomic E-state index is 0.138. The van der Waals surface area contributed by atoms with Gasteiger partial charge in [-0.3, -0.25) is 9.88 Å². The minimum Gasteiger partial charge on any atom is -0.377 e. The Labute approximate surface area is 144 Å². The van der Waals surface area contributed by atoms with Gasteiger partial charge in [0.2, 0.25) is 0 Å². The van der Waals surface area contributed by atoms with Gasteiger partial charge in [-0.2, -0.15) is 0 Å². The highest BCUT2D eigenvalue weighted by Crippen LogP contribution is 2.25. The van der Waals surface area contributed by atoms with Gasteiger partial charge in [-0.05, 0) is 37.6 Å². The van der Waals surface area contributed by atoms with Crippen LogP contribution in [0.3, 0.4) is 0 Å². The highest BCUT2D eigenvalue weighted by molar-refractivity contribution is 5.27. The van der Waals surface area contributed by atoms with Gasteiger partial charge in [0, 0.05) is 19.3 Å². The third-order valence-corrected chi connectivity index (χ3v) is 4.44. The summed E-state index contributed by atoms with van der Waals surface area (Å²) in [5.41, 5.74) is 2.31. The third kappa shape index (κ3) is 4.63. The molecule has 2 aromatic rings. The van der Waals surface area contributed by atoms with Crippen LogP contribution in [0.1, 0.15) is 30.1 Å². The first kappa shape index (κ1) is 17.1. The monoisotopic (exact) mass is 326 g/mol. The lowest BCUT2D eigenvalue weighted by Gasteiger charge is -2.28. The van der Waals surface area contributed by atoms with Crippen LogP contribution in [0.2, 0.25) is 0 Å². The molecule has 1 aliphatic rings. The molecule has 4 heteroatoms. The van der Waals surface area contributed by atoms with Crippen molar-refractivity contribution >= 4 is 0 Å². The maximum absolute atomic E-state index is 5.82. The van der Waals surface area contributed by atoms with E-state index in [4.69, 9.17) is 9.47 Å². The molecule has 4 nitrogen and oxygen atoms in total. The maximum Gasteiger partial charge on any atom is 0.0809 e. The van der Waals surface area contributed by atoms with Crippen LogP contribution in [-0.4, -0.2) is 49.4 Å². The molecule has 1 saturated heterocycles. The van der Waals surface area contributed by atoms with E-state index in [1.807, 2.05) is 24.4 Å². The summed E-state index contributed by atoms with van der Waals surface area (Å²) in [7, 11) is 2.13. The molecule has 0 amide bonds. The maximum atomic E-state index is 5.82. The van der Waals surface area contributed by atoms with E-state index < -0.39 is 0 Å². The molecule has 1 aromatic heterocycles. The largest absolute Gasteiger partial charge is 0.377 e. The van der Waals surface area contributed by atoms with Crippen LogP contribution in [-0.2, 0) is 9.47 Å². The van der Waals surface area contributed by atoms with E-state index in [-0.39, 0.29) is 12.1 Å². The highest BCUT2D eigenvalue weighted by Gasteiger charge is 2.20. The number of rotatable bonds is 8. The van der Waals surface area contributed by atoms with Gasteiger partial charge in [0.15, 0.2) is 0 Å². The molecule has 0 N–H and O–H groups in total. The molecule has 1 aromatic carbocycles. The van der Waals surface area contributed by atoms with E-state index in [2.05, 4.69) is 47.3 Å². The van der Waals surface area contributed by atoms with Gasteiger partial charge in [0.05, 0.1) is 31.1 Å². The zero-order chi connectivity index (χ0) is 16.6. The second-order valence-electron chi connectivity index (χ2n) is 6.26. The molecular weight excluding hydrogens is 300 g/mol. The molecule has 0 saturated carbocycles. The molecule has 1 fully saturated rings. The highest BCUT2D eigenvalue weighted by atomic mass is 16.5. The van der Waals surface area contributed by atoms with Crippen LogP contribution in [0.25, 0.3) is 0 Å². The molecule has 0 bridgehead atoms. The lowest BCUT2D eigenvalue weighted by molar-refractivity contribution is 0.0103. The molecule has 24 heavy (non-hydrogen) atoms. The number of nitrogens with zero attached hydrogens (tertiary/aromatic N) is 2. The van der Waals surface area contributed by atoms with Crippen molar-refractivity contribution in [1.82, 2.24) is 9.88 Å². The van der Waals surface area contributed by atoms with Crippen LogP contribution in [0.15, 0.2) is 54.7 Å². The standard InChI is InChI=1S/C20H26N2O2/c1-22(13-15-23-16-18-10-7-14-24-18)20(17-8-3-2-4-9-17)19-11-5-6-12-21-19/h2-6,8-9,11-12,18,20H,7,10,13-16H2,1H3/t18-,20-/m1/s1. The number of hydrogen-bond donors (Lipinski definition) is 0. The summed E-state index contributed by atoms with van der Waals surface area (Å²) in [6.07, 6.45) is 4.42. The predicted octanol–water partition coefficient (Wildman–Crippen LogP) is 3.30. The number of ether oxygens (including phenoxy) is 2. The number of likely N-dealkylation sites (N-methyl/N-ethyl adjacent to an activating group) is 1. The summed E-state index contributed by atoms with van der Waals surface area (Å²) < 4.78 is 11.4. The Hall–Kier alpha value is -1.75. The summed E-state index contributed by atoms with van der Waals surface area (Å²) >= 11 is 0. The smallest absolute Gasteiger partial charge is 0.0809 e. The first-order valence-electron chi connectivity index (χ1n) is 8.70. The van der Waals surface area contributed by atoms with Crippen LogP contribution in [0.5, 0.6) is 0 Å². The zero-order valence-electron chi connectivity index (χ0n) is 14.3. The Morgan fingerprint density at radius 3 is 2.75 bits per heavy atom. The first-order valence-corrected chi connectivity index (χ1v) is 8.70. The lowest BCUT2D eigenvalue weighted by atomic mass is 10.0. The summed E-state index contributed by atoms with van der Waals surface area (Å²) in [6.45, 7) is 3.13. The average Bonchev–Trinajstić information content (AvgIpc) is 3.14. The van der Waals surface area contributed by atoms with E-state index in [1.165, 1.54) is 5.56 Å². The fraction of sp³-hybridized carbons (Fsp3) is 0.450. The van der Waals surface area contributed by atoms with Crippen molar-refractivity contribution in [3.05, 3.63) is 66.0 Å². The number of pyridine rings is 1. The Kier molecular flexibility index (Phi) is 6.35. The molecule has 2 heterocycles. The van der Waals surface area contributed by atoms with Gasteiger partial charge in [-0.25, -0.2) is 0 Å². The van der Waals surface area contributed by atoms with Crippen LogP contribution < -0.4 is 0 Å². The second-order valence-corrected chi connectivity index (χ2v) is 6.26. The SMILES string of the molecule is CN(CCOC[C@H]1CCCO1)[C@H](c1ccccc1)c1ccccn1. The van der Waals surface area contributed by atoms with Crippen molar-refractivity contribution in [2.45, 2.75) is 25.0 Å². The van der Waals surface area contributed by atoms with Gasteiger partial charge in [-0.15, -0.1) is 0 Å². The summed E-state index contributed by atoms with van der Waals surface area (Å²) in [4.78, 5) is 6.86. The van der Waals surface area contributed by atoms with Crippen LogP contribution >= 0.6 is 0 Å². The quantitative estimate of drug-likeness (QED) is 0.697. The van der Waals surface area contributed by atoms with E-state index in [1.54, 1.807) is 0 Å². The first-order chi connectivity index (χ1) is 11.8. The molecule has 1 aliphatic heterocycles. The van der Waals surface area contributed by atoms with E-state index in [9.17, 15) is 0 Å². The Balaban J connectivity index is 1.60. The van der Waals surface area contributed by atoms with Gasteiger partial charge < -0.3 is 9.47 Å². The summed E-state index contributed by atoms with van der Waals surface area (Å²) in [6, 6.07) is 16.7. The van der Waals surface area contributed by atoms with Crippen molar-refractivity contribution in [2.75, 3.05) is 33.4 Å². The fourth-order valence-corrected chi connectivity index (χ4v) is 3.15. The van der Waals surface area contributed by atoms with E-state index in [0.717, 1.165) is 31.7 Å². The number of hydrogen-bond acceptors (Lipinski definition) is 4. The number of aromatic nitrogens is 1. The normalized spacial score (nSPS) is 18.8. The van der Waals surface area contributed by atoms with Gasteiger partial charge >= 0.3 is 0 Å². The van der Waals surface area contributed by atoms with Gasteiger partial charge in [0.25, 0.3) is 0 Å². The number of benzene rings is 1. The van der Waals surface area contributed by atoms with Crippen LogP contribution in [0, 0.1) is 0 Å². The minimum absolute atomic E-state index is 0.138. The molecule has 0 unspecified atom stereocenters. The van der Waals surface area contributed by atoms with E-state index >= 15 is 0 Å². The molecule has 0 spiro atoms. The fourth-order valence-electron chi connectivity index (χ4n) is 3.15. The summed E-state index contributed by atoms with van der Waals surface area (Å²) in [5, 5.41) is 0. The van der Waals surface area contributed by atoms with Crippen molar-refractivity contribution in [1.29, 1.82) is 0 Å². The second kappa shape index (κ2) is 8.92. The van der Waals surface area contributed by atoms with Crippen molar-refractivity contribution < 1.29 is 9.47 Å². The molecule has 2 atom stereocenters. The Morgan fingerprint density at radius 1 is 1.21 bits per heavy atom. The van der Waals surface area contributed by atoms with Gasteiger partial charge in [0.1, 0.15) is 0 Å². The zero-order valence-corrected chi connectivity index (χ0v) is 14.3. The predicted molar refractivity (Wildman–Crippen MR) is 94.9 cm³/mol. The topological polar surface area (TPSA) is 34.6 Å². The molecule has 128 valence electrons. The van der Waals surface area contributed by atoms with Crippen molar-refractivity contribution in [3.63, 3.8) is 0 Å². The van der Waals surface area contributed by atoms with Gasteiger partial charge in [-0.1, -0.05) is 36.4 Å². The van der Waals surface area contributed by atoms with E-state index in [0.29, 0.717) is 13.2 Å². The molecule has 0 aliphatic carbocycles. The van der Waals surface area contributed by atoms with Crippen LogP contribution in [0.4, 0.5) is 0 Å². The lowest BCUT2D eigenvalue weighted by Crippen LogP contribution is -2.30. The van der Waals surface area contributed by atoms with Crippen molar-refractivity contribution in [2.24, 2.45) is 0 Å². The Bertz CT molecular complexity index is 546. The average molecular weight is 326 g/mol.